The van der Waals surface area contributed by atoms with Gasteiger partial charge >= 0.3 is 0 Å². The molecular formula is C17H18Cl2F2N2O2S. The van der Waals surface area contributed by atoms with Gasteiger partial charge in [-0.2, -0.15) is 4.31 Å². The summed E-state index contributed by atoms with van der Waals surface area (Å²) in [4.78, 5) is 1.90. The van der Waals surface area contributed by atoms with Gasteiger partial charge in [0, 0.05) is 37.7 Å². The van der Waals surface area contributed by atoms with E-state index in [1.165, 1.54) is 4.31 Å². The van der Waals surface area contributed by atoms with E-state index >= 15 is 0 Å². The van der Waals surface area contributed by atoms with E-state index in [0.29, 0.717) is 37.7 Å². The van der Waals surface area contributed by atoms with E-state index in [4.69, 9.17) is 11.6 Å². The zero-order valence-electron chi connectivity index (χ0n) is 13.7. The van der Waals surface area contributed by atoms with E-state index in [1.54, 1.807) is 6.07 Å². The van der Waals surface area contributed by atoms with Crippen molar-refractivity contribution in [2.24, 2.45) is 0 Å². The molecule has 0 aliphatic carbocycles. The van der Waals surface area contributed by atoms with E-state index in [1.807, 2.05) is 18.2 Å². The van der Waals surface area contributed by atoms with E-state index < -0.39 is 21.7 Å². The van der Waals surface area contributed by atoms with Crippen LogP contribution in [0.1, 0.15) is 5.56 Å². The van der Waals surface area contributed by atoms with Gasteiger partial charge in [0.15, 0.2) is 11.6 Å². The molecule has 0 amide bonds. The van der Waals surface area contributed by atoms with Crippen LogP contribution in [0.4, 0.5) is 8.78 Å². The lowest BCUT2D eigenvalue weighted by Gasteiger charge is -2.34. The Morgan fingerprint density at radius 1 is 0.962 bits per heavy atom. The Morgan fingerprint density at radius 2 is 1.65 bits per heavy atom. The van der Waals surface area contributed by atoms with Crippen LogP contribution in [0.3, 0.4) is 0 Å². The highest BCUT2D eigenvalue weighted by Crippen LogP contribution is 2.21. The van der Waals surface area contributed by atoms with Crippen molar-refractivity contribution in [3.8, 4) is 0 Å². The minimum Gasteiger partial charge on any atom is -0.296 e. The summed E-state index contributed by atoms with van der Waals surface area (Å²) in [7, 11) is -3.83. The molecule has 26 heavy (non-hydrogen) atoms. The first-order valence-electron chi connectivity index (χ1n) is 7.78. The van der Waals surface area contributed by atoms with Crippen LogP contribution in [0.5, 0.6) is 0 Å². The molecule has 0 radical (unpaired) electrons. The van der Waals surface area contributed by atoms with Crippen molar-refractivity contribution >= 4 is 34.0 Å². The quantitative estimate of drug-likeness (QED) is 0.756. The molecule has 0 spiro atoms. The molecule has 0 atom stereocenters. The molecule has 0 aromatic heterocycles. The van der Waals surface area contributed by atoms with Crippen molar-refractivity contribution < 1.29 is 17.2 Å². The lowest BCUT2D eigenvalue weighted by molar-refractivity contribution is 0.181. The Labute approximate surface area is 162 Å². The van der Waals surface area contributed by atoms with E-state index in [2.05, 4.69) is 4.90 Å². The zero-order chi connectivity index (χ0) is 18.0. The van der Waals surface area contributed by atoms with Crippen LogP contribution in [0.2, 0.25) is 5.02 Å². The molecule has 1 heterocycles. The lowest BCUT2D eigenvalue weighted by atomic mass is 10.2. The molecule has 3 rings (SSSR count). The average Bonchev–Trinajstić information content (AvgIpc) is 2.58. The van der Waals surface area contributed by atoms with Crippen molar-refractivity contribution in [3.05, 3.63) is 64.7 Å². The molecule has 0 bridgehead atoms. The van der Waals surface area contributed by atoms with Crippen LogP contribution in [-0.4, -0.2) is 43.8 Å². The predicted molar refractivity (Wildman–Crippen MR) is 99.1 cm³/mol. The van der Waals surface area contributed by atoms with Gasteiger partial charge in [0.1, 0.15) is 0 Å². The van der Waals surface area contributed by atoms with Crippen molar-refractivity contribution in [1.29, 1.82) is 0 Å². The second-order valence-electron chi connectivity index (χ2n) is 5.89. The number of benzene rings is 2. The Kier molecular flexibility index (Phi) is 6.99. The molecule has 1 saturated heterocycles. The maximum Gasteiger partial charge on any atom is 0.243 e. The molecule has 0 saturated carbocycles. The lowest BCUT2D eigenvalue weighted by Crippen LogP contribution is -2.48. The molecule has 0 unspecified atom stereocenters. The molecule has 2 aromatic carbocycles. The number of hydrogen-bond donors (Lipinski definition) is 0. The summed E-state index contributed by atoms with van der Waals surface area (Å²) in [5.74, 6) is -2.23. The smallest absolute Gasteiger partial charge is 0.243 e. The summed E-state index contributed by atoms with van der Waals surface area (Å²) in [5, 5.41) is 0.664. The van der Waals surface area contributed by atoms with Crippen molar-refractivity contribution in [2.45, 2.75) is 11.4 Å². The maximum atomic E-state index is 13.3. The first kappa shape index (κ1) is 21.1. The Bertz CT molecular complexity index is 873. The normalized spacial score (nSPS) is 16.3. The van der Waals surface area contributed by atoms with Gasteiger partial charge in [0.2, 0.25) is 10.0 Å². The van der Waals surface area contributed by atoms with Crippen LogP contribution in [-0.2, 0) is 16.6 Å². The molecule has 4 nitrogen and oxygen atoms in total. The largest absolute Gasteiger partial charge is 0.296 e. The summed E-state index contributed by atoms with van der Waals surface area (Å²) in [5.41, 5.74) is 1.06. The van der Waals surface area contributed by atoms with Crippen LogP contribution in [0.25, 0.3) is 0 Å². The van der Waals surface area contributed by atoms with E-state index in [0.717, 1.165) is 23.8 Å². The highest BCUT2D eigenvalue weighted by molar-refractivity contribution is 7.89. The summed E-state index contributed by atoms with van der Waals surface area (Å²) in [6.07, 6.45) is 0. The van der Waals surface area contributed by atoms with Crippen molar-refractivity contribution in [2.75, 3.05) is 26.2 Å². The SMILES string of the molecule is Cl.O=S(=O)(c1ccc(F)c(F)c1)N1CCN(Cc2cccc(Cl)c2)CC1. The molecule has 1 fully saturated rings. The molecule has 1 aliphatic heterocycles. The summed E-state index contributed by atoms with van der Waals surface area (Å²) < 4.78 is 52.8. The number of nitrogens with zero attached hydrogens (tertiary/aromatic N) is 2. The number of rotatable bonds is 4. The molecular weight excluding hydrogens is 405 g/mol. The average molecular weight is 423 g/mol. The first-order valence-corrected chi connectivity index (χ1v) is 9.60. The van der Waals surface area contributed by atoms with Crippen LogP contribution >= 0.6 is 24.0 Å². The third-order valence-corrected chi connectivity index (χ3v) is 6.29. The third kappa shape index (κ3) is 4.72. The molecule has 9 heteroatoms. The van der Waals surface area contributed by atoms with Gasteiger partial charge in [-0.1, -0.05) is 23.7 Å². The van der Waals surface area contributed by atoms with E-state index in [9.17, 15) is 17.2 Å². The van der Waals surface area contributed by atoms with Gasteiger partial charge in [-0.25, -0.2) is 17.2 Å². The Hall–Kier alpha value is -1.25. The second kappa shape index (κ2) is 8.63. The predicted octanol–water partition coefficient (Wildman–Crippen LogP) is 3.55. The van der Waals surface area contributed by atoms with Gasteiger partial charge in [0.05, 0.1) is 4.90 Å². The van der Waals surface area contributed by atoms with Crippen LogP contribution in [0.15, 0.2) is 47.4 Å². The van der Waals surface area contributed by atoms with Gasteiger partial charge in [0.25, 0.3) is 0 Å². The maximum absolute atomic E-state index is 13.3. The molecule has 1 aliphatic rings. The molecule has 0 N–H and O–H groups in total. The minimum atomic E-state index is -3.83. The monoisotopic (exact) mass is 422 g/mol. The van der Waals surface area contributed by atoms with Gasteiger partial charge < -0.3 is 0 Å². The number of halogens is 4. The summed E-state index contributed by atoms with van der Waals surface area (Å²) in [6, 6.07) is 10.2. The topological polar surface area (TPSA) is 40.6 Å². The Morgan fingerprint density at radius 3 is 2.27 bits per heavy atom. The van der Waals surface area contributed by atoms with Gasteiger partial charge in [-0.3, -0.25) is 4.90 Å². The highest BCUT2D eigenvalue weighted by atomic mass is 35.5. The van der Waals surface area contributed by atoms with Crippen molar-refractivity contribution in [1.82, 2.24) is 9.21 Å². The third-order valence-electron chi connectivity index (χ3n) is 4.16. The number of sulfonamides is 1. The van der Waals surface area contributed by atoms with Crippen molar-refractivity contribution in [3.63, 3.8) is 0 Å². The number of piperazine rings is 1. The Balaban J connectivity index is 0.00000243. The fraction of sp³-hybridized carbons (Fsp3) is 0.294. The van der Waals surface area contributed by atoms with Crippen LogP contribution in [0, 0.1) is 11.6 Å². The summed E-state index contributed by atoms with van der Waals surface area (Å²) >= 11 is 5.97. The van der Waals surface area contributed by atoms with Gasteiger partial charge in [-0.15, -0.1) is 12.4 Å². The van der Waals surface area contributed by atoms with Crippen LogP contribution < -0.4 is 0 Å². The number of hydrogen-bond acceptors (Lipinski definition) is 3. The summed E-state index contributed by atoms with van der Waals surface area (Å²) in [6.45, 7) is 2.37. The van der Waals surface area contributed by atoms with E-state index in [-0.39, 0.29) is 17.3 Å². The fourth-order valence-corrected chi connectivity index (χ4v) is 4.46. The first-order chi connectivity index (χ1) is 11.9. The van der Waals surface area contributed by atoms with Gasteiger partial charge in [-0.05, 0) is 35.9 Å². The second-order valence-corrected chi connectivity index (χ2v) is 8.26. The fourth-order valence-electron chi connectivity index (χ4n) is 2.81. The highest BCUT2D eigenvalue weighted by Gasteiger charge is 2.29. The zero-order valence-corrected chi connectivity index (χ0v) is 16.1. The molecule has 2 aromatic rings. The molecule has 142 valence electrons. The minimum absolute atomic E-state index is 0. The standard InChI is InChI=1S/C17H17ClF2N2O2S.ClH/c18-14-3-1-2-13(10-14)12-21-6-8-22(9-7-21)25(23,24)15-4-5-16(19)17(20)11-15;/h1-5,10-11H,6-9,12H2;1H.